The van der Waals surface area contributed by atoms with Crippen molar-refractivity contribution in [3.63, 3.8) is 0 Å². The van der Waals surface area contributed by atoms with E-state index in [4.69, 9.17) is 4.74 Å². The minimum absolute atomic E-state index is 0.145. The van der Waals surface area contributed by atoms with Gasteiger partial charge in [-0.3, -0.25) is 4.79 Å². The van der Waals surface area contributed by atoms with Gasteiger partial charge in [-0.25, -0.2) is 0 Å². The predicted molar refractivity (Wildman–Crippen MR) is 72.0 cm³/mol. The van der Waals surface area contributed by atoms with Gasteiger partial charge in [0.2, 0.25) is 0 Å². The van der Waals surface area contributed by atoms with E-state index in [2.05, 4.69) is 19.2 Å². The third kappa shape index (κ3) is 3.40. The molecule has 1 aromatic rings. The smallest absolute Gasteiger partial charge is 0.164 e. The van der Waals surface area contributed by atoms with Crippen LogP contribution in [0.4, 0.5) is 0 Å². The molecule has 3 heteroatoms. The van der Waals surface area contributed by atoms with E-state index in [1.165, 1.54) is 5.56 Å². The molecule has 1 aliphatic rings. The first-order chi connectivity index (χ1) is 8.69. The van der Waals surface area contributed by atoms with Gasteiger partial charge in [-0.1, -0.05) is 31.2 Å². The van der Waals surface area contributed by atoms with E-state index >= 15 is 0 Å². The molecule has 1 aliphatic heterocycles. The summed E-state index contributed by atoms with van der Waals surface area (Å²) in [6.07, 6.45) is 1.51. The van der Waals surface area contributed by atoms with Gasteiger partial charge in [0, 0.05) is 24.1 Å². The molecule has 2 unspecified atom stereocenters. The van der Waals surface area contributed by atoms with E-state index in [-0.39, 0.29) is 11.8 Å². The molecule has 0 radical (unpaired) electrons. The maximum absolute atomic E-state index is 12.1. The number of nitrogens with one attached hydrogen (secondary N) is 1. The van der Waals surface area contributed by atoms with Gasteiger partial charge in [-0.2, -0.15) is 0 Å². The van der Waals surface area contributed by atoms with Gasteiger partial charge in [-0.05, 0) is 18.9 Å². The molecule has 0 aromatic heterocycles. The van der Waals surface area contributed by atoms with Gasteiger partial charge in [0.25, 0.3) is 0 Å². The Hall–Kier alpha value is -1.19. The van der Waals surface area contributed by atoms with E-state index in [9.17, 15) is 4.79 Å². The second-order valence-corrected chi connectivity index (χ2v) is 4.98. The van der Waals surface area contributed by atoms with Crippen LogP contribution in [-0.4, -0.2) is 31.1 Å². The number of carbonyl (C=O) groups excluding carboxylic acids is 1. The van der Waals surface area contributed by atoms with Crippen LogP contribution >= 0.6 is 0 Å². The number of aryl methyl sites for hydroxylation is 1. The Kier molecular flexibility index (Phi) is 4.50. The minimum Gasteiger partial charge on any atom is -0.378 e. The maximum atomic E-state index is 12.1. The van der Waals surface area contributed by atoms with E-state index in [1.807, 2.05) is 24.3 Å². The van der Waals surface area contributed by atoms with Crippen LogP contribution in [0.25, 0.3) is 0 Å². The highest BCUT2D eigenvalue weighted by atomic mass is 16.5. The largest absolute Gasteiger partial charge is 0.378 e. The summed E-state index contributed by atoms with van der Waals surface area (Å²) in [4.78, 5) is 12.1. The number of hydrogen-bond donors (Lipinski definition) is 1. The molecule has 1 saturated heterocycles. The third-order valence-electron chi connectivity index (χ3n) is 3.32. The van der Waals surface area contributed by atoms with Gasteiger partial charge in [0.15, 0.2) is 5.78 Å². The highest BCUT2D eigenvalue weighted by Crippen LogP contribution is 2.11. The van der Waals surface area contributed by atoms with Crippen molar-refractivity contribution in [2.24, 2.45) is 0 Å². The number of benzene rings is 1. The van der Waals surface area contributed by atoms with Crippen molar-refractivity contribution in [2.45, 2.75) is 38.8 Å². The number of ether oxygens (including phenoxy) is 1. The Morgan fingerprint density at radius 1 is 1.33 bits per heavy atom. The molecule has 0 aliphatic carbocycles. The van der Waals surface area contributed by atoms with Crippen LogP contribution in [0.1, 0.15) is 36.2 Å². The zero-order valence-electron chi connectivity index (χ0n) is 11.1. The van der Waals surface area contributed by atoms with Crippen LogP contribution in [0.15, 0.2) is 24.3 Å². The summed E-state index contributed by atoms with van der Waals surface area (Å²) in [5, 5.41) is 3.39. The molecule has 3 nitrogen and oxygen atoms in total. The molecule has 0 amide bonds. The summed E-state index contributed by atoms with van der Waals surface area (Å²) in [7, 11) is 0. The summed E-state index contributed by atoms with van der Waals surface area (Å²) < 4.78 is 5.45. The van der Waals surface area contributed by atoms with Crippen molar-refractivity contribution in [1.29, 1.82) is 0 Å². The Bertz CT molecular complexity index is 399. The molecule has 1 heterocycles. The van der Waals surface area contributed by atoms with Crippen LogP contribution in [0.2, 0.25) is 0 Å². The number of hydrogen-bond acceptors (Lipinski definition) is 3. The summed E-state index contributed by atoms with van der Waals surface area (Å²) in [5.41, 5.74) is 2.06. The lowest BCUT2D eigenvalue weighted by Crippen LogP contribution is -2.48. The number of carbonyl (C=O) groups is 1. The summed E-state index contributed by atoms with van der Waals surface area (Å²) in [6, 6.07) is 8.38. The van der Waals surface area contributed by atoms with Crippen molar-refractivity contribution in [3.8, 4) is 0 Å². The first kappa shape index (κ1) is 13.2. The maximum Gasteiger partial charge on any atom is 0.164 e. The number of ketones is 1. The average Bonchev–Trinajstić information content (AvgIpc) is 2.39. The van der Waals surface area contributed by atoms with E-state index in [0.29, 0.717) is 19.1 Å². The van der Waals surface area contributed by atoms with Crippen LogP contribution in [0, 0.1) is 0 Å². The Labute approximate surface area is 109 Å². The Morgan fingerprint density at radius 2 is 2.06 bits per heavy atom. The number of morpholine rings is 1. The predicted octanol–water partition coefficient (Wildman–Crippen LogP) is 2.20. The molecule has 0 bridgehead atoms. The standard InChI is InChI=1S/C15H21NO2/c1-3-12-4-6-13(7-5-12)15(17)8-14-10-18-9-11(2)16-14/h4-7,11,14,16H,3,8-10H2,1-2H3. The SMILES string of the molecule is CCc1ccc(C(=O)CC2COCC(C)N2)cc1. The summed E-state index contributed by atoms with van der Waals surface area (Å²) >= 11 is 0. The lowest BCUT2D eigenvalue weighted by atomic mass is 10.0. The molecule has 1 aromatic carbocycles. The molecule has 1 fully saturated rings. The topological polar surface area (TPSA) is 38.3 Å². The fraction of sp³-hybridized carbons (Fsp3) is 0.533. The quantitative estimate of drug-likeness (QED) is 0.829. The molecule has 98 valence electrons. The van der Waals surface area contributed by atoms with Crippen LogP contribution in [-0.2, 0) is 11.2 Å². The van der Waals surface area contributed by atoms with Gasteiger partial charge in [0.1, 0.15) is 0 Å². The monoisotopic (exact) mass is 247 g/mol. The second kappa shape index (κ2) is 6.12. The molecular formula is C15H21NO2. The second-order valence-electron chi connectivity index (χ2n) is 4.98. The Morgan fingerprint density at radius 3 is 2.67 bits per heavy atom. The van der Waals surface area contributed by atoms with Gasteiger partial charge >= 0.3 is 0 Å². The average molecular weight is 247 g/mol. The first-order valence-electron chi connectivity index (χ1n) is 6.65. The zero-order valence-corrected chi connectivity index (χ0v) is 11.1. The zero-order chi connectivity index (χ0) is 13.0. The molecule has 1 N–H and O–H groups in total. The van der Waals surface area contributed by atoms with Crippen molar-refractivity contribution in [1.82, 2.24) is 5.32 Å². The number of rotatable bonds is 4. The molecular weight excluding hydrogens is 226 g/mol. The molecule has 18 heavy (non-hydrogen) atoms. The summed E-state index contributed by atoms with van der Waals surface area (Å²) in [6.45, 7) is 5.55. The molecule has 2 rings (SSSR count). The minimum atomic E-state index is 0.145. The fourth-order valence-electron chi connectivity index (χ4n) is 2.27. The lowest BCUT2D eigenvalue weighted by molar-refractivity contribution is 0.0463. The van der Waals surface area contributed by atoms with Crippen molar-refractivity contribution in [2.75, 3.05) is 13.2 Å². The first-order valence-corrected chi connectivity index (χ1v) is 6.65. The van der Waals surface area contributed by atoms with Gasteiger partial charge < -0.3 is 10.1 Å². The van der Waals surface area contributed by atoms with Crippen LogP contribution in [0.5, 0.6) is 0 Å². The molecule has 2 atom stereocenters. The lowest BCUT2D eigenvalue weighted by Gasteiger charge is -2.28. The van der Waals surface area contributed by atoms with E-state index < -0.39 is 0 Å². The highest BCUT2D eigenvalue weighted by Gasteiger charge is 2.21. The summed E-state index contributed by atoms with van der Waals surface area (Å²) in [5.74, 6) is 0.188. The third-order valence-corrected chi connectivity index (χ3v) is 3.32. The van der Waals surface area contributed by atoms with Crippen molar-refractivity contribution >= 4 is 5.78 Å². The van der Waals surface area contributed by atoms with E-state index in [1.54, 1.807) is 0 Å². The fourth-order valence-corrected chi connectivity index (χ4v) is 2.27. The van der Waals surface area contributed by atoms with E-state index in [0.717, 1.165) is 18.6 Å². The number of Topliss-reactive ketones (excluding diaryl/α,β-unsaturated/α-hetero) is 1. The normalized spacial score (nSPS) is 23.9. The van der Waals surface area contributed by atoms with Crippen molar-refractivity contribution in [3.05, 3.63) is 35.4 Å². The molecule has 0 spiro atoms. The highest BCUT2D eigenvalue weighted by molar-refractivity contribution is 5.96. The van der Waals surface area contributed by atoms with Crippen LogP contribution in [0.3, 0.4) is 0 Å². The van der Waals surface area contributed by atoms with Crippen LogP contribution < -0.4 is 5.32 Å². The van der Waals surface area contributed by atoms with Crippen molar-refractivity contribution < 1.29 is 9.53 Å². The molecule has 0 saturated carbocycles. The van der Waals surface area contributed by atoms with Gasteiger partial charge in [-0.15, -0.1) is 0 Å². The van der Waals surface area contributed by atoms with Gasteiger partial charge in [0.05, 0.1) is 13.2 Å². The Balaban J connectivity index is 1.94.